The molecule has 0 spiro atoms. The summed E-state index contributed by atoms with van der Waals surface area (Å²) in [7, 11) is 0. The predicted octanol–water partition coefficient (Wildman–Crippen LogP) is 3.34. The summed E-state index contributed by atoms with van der Waals surface area (Å²) in [5, 5.41) is 10.7. The van der Waals surface area contributed by atoms with Crippen molar-refractivity contribution in [2.45, 2.75) is 0 Å². The lowest BCUT2D eigenvalue weighted by molar-refractivity contribution is -0.385. The van der Waals surface area contributed by atoms with E-state index in [1.54, 1.807) is 0 Å². The Morgan fingerprint density at radius 1 is 1.16 bits per heavy atom. The van der Waals surface area contributed by atoms with E-state index in [0.717, 1.165) is 0 Å². The third-order valence-corrected chi connectivity index (χ3v) is 2.35. The number of ether oxygens (including phenoxy) is 1. The molecule has 0 heterocycles. The van der Waals surface area contributed by atoms with Gasteiger partial charge in [0.1, 0.15) is 17.3 Å². The average Bonchev–Trinajstić information content (AvgIpc) is 2.38. The summed E-state index contributed by atoms with van der Waals surface area (Å²) in [5.41, 5.74) is -0.402. The molecule has 96 valence electrons. The largest absolute Gasteiger partial charge is 0.457 e. The molecule has 0 radical (unpaired) electrons. The van der Waals surface area contributed by atoms with Crippen molar-refractivity contribution in [3.05, 3.63) is 64.0 Å². The Labute approximate surface area is 107 Å². The molecule has 0 aromatic heterocycles. The van der Waals surface area contributed by atoms with Crippen LogP contribution in [0.5, 0.6) is 11.5 Å². The number of nitro benzene ring substituents is 1. The van der Waals surface area contributed by atoms with Crippen LogP contribution in [0.2, 0.25) is 0 Å². The number of aldehydes is 1. The van der Waals surface area contributed by atoms with Crippen molar-refractivity contribution >= 4 is 12.0 Å². The number of halogens is 1. The van der Waals surface area contributed by atoms with Crippen molar-refractivity contribution in [2.24, 2.45) is 0 Å². The molecule has 2 aromatic rings. The minimum absolute atomic E-state index is 0.0982. The van der Waals surface area contributed by atoms with Crippen LogP contribution in [0.15, 0.2) is 42.5 Å². The molecule has 5 nitrogen and oxygen atoms in total. The molecule has 0 bridgehead atoms. The van der Waals surface area contributed by atoms with Crippen molar-refractivity contribution in [1.82, 2.24) is 0 Å². The first-order valence-corrected chi connectivity index (χ1v) is 5.27. The lowest BCUT2D eigenvalue weighted by Crippen LogP contribution is -1.95. The highest BCUT2D eigenvalue weighted by Crippen LogP contribution is 2.27. The quantitative estimate of drug-likeness (QED) is 0.480. The van der Waals surface area contributed by atoms with Crippen molar-refractivity contribution in [3.63, 3.8) is 0 Å². The number of carbonyl (C=O) groups is 1. The fourth-order valence-corrected chi connectivity index (χ4v) is 1.52. The first-order chi connectivity index (χ1) is 9.10. The molecule has 0 fully saturated rings. The van der Waals surface area contributed by atoms with Crippen LogP contribution < -0.4 is 4.74 Å². The van der Waals surface area contributed by atoms with E-state index in [1.165, 1.54) is 42.5 Å². The molecule has 0 aliphatic carbocycles. The Morgan fingerprint density at radius 3 is 2.53 bits per heavy atom. The summed E-state index contributed by atoms with van der Waals surface area (Å²) in [4.78, 5) is 20.8. The molecule has 2 rings (SSSR count). The van der Waals surface area contributed by atoms with Gasteiger partial charge in [-0.25, -0.2) is 4.39 Å². The van der Waals surface area contributed by atoms with Crippen LogP contribution in [0.25, 0.3) is 0 Å². The fourth-order valence-electron chi connectivity index (χ4n) is 1.52. The van der Waals surface area contributed by atoms with Crippen molar-refractivity contribution < 1.29 is 18.8 Å². The maximum absolute atomic E-state index is 13.0. The zero-order valence-corrected chi connectivity index (χ0v) is 9.58. The van der Waals surface area contributed by atoms with E-state index in [2.05, 4.69) is 0 Å². The van der Waals surface area contributed by atoms with E-state index < -0.39 is 10.7 Å². The van der Waals surface area contributed by atoms with Crippen LogP contribution in [0.3, 0.4) is 0 Å². The summed E-state index contributed by atoms with van der Waals surface area (Å²) in [6.45, 7) is 0. The van der Waals surface area contributed by atoms with Gasteiger partial charge in [-0.2, -0.15) is 0 Å². The Balaban J connectivity index is 2.31. The molecule has 6 heteroatoms. The highest BCUT2D eigenvalue weighted by molar-refractivity contribution is 5.82. The summed E-state index contributed by atoms with van der Waals surface area (Å²) in [6.07, 6.45) is 0.372. The molecule has 0 saturated carbocycles. The Morgan fingerprint density at radius 2 is 1.89 bits per heavy atom. The number of nitrogens with zero attached hydrogens (tertiary/aromatic N) is 1. The molecule has 0 aliphatic rings. The Hall–Kier alpha value is -2.76. The molecule has 0 saturated heterocycles. The zero-order valence-electron chi connectivity index (χ0n) is 9.58. The normalized spacial score (nSPS) is 9.95. The zero-order chi connectivity index (χ0) is 13.8. The lowest BCUT2D eigenvalue weighted by atomic mass is 10.2. The smallest absolute Gasteiger partial charge is 0.280 e. The van der Waals surface area contributed by atoms with E-state index in [4.69, 9.17) is 4.74 Å². The minimum atomic E-state index is -0.657. The highest BCUT2D eigenvalue weighted by atomic mass is 19.1. The van der Waals surface area contributed by atoms with Crippen LogP contribution in [-0.4, -0.2) is 11.2 Å². The van der Waals surface area contributed by atoms with Gasteiger partial charge in [0.25, 0.3) is 5.69 Å². The van der Waals surface area contributed by atoms with Gasteiger partial charge < -0.3 is 4.74 Å². The van der Waals surface area contributed by atoms with Gasteiger partial charge in [-0.1, -0.05) is 6.07 Å². The minimum Gasteiger partial charge on any atom is -0.457 e. The van der Waals surface area contributed by atoms with Gasteiger partial charge in [-0.15, -0.1) is 0 Å². The number of rotatable bonds is 4. The Bertz CT molecular complexity index is 642. The van der Waals surface area contributed by atoms with Gasteiger partial charge in [0.15, 0.2) is 6.29 Å². The van der Waals surface area contributed by atoms with E-state index in [0.29, 0.717) is 6.29 Å². The van der Waals surface area contributed by atoms with E-state index >= 15 is 0 Å². The molecule has 0 N–H and O–H groups in total. The van der Waals surface area contributed by atoms with Crippen LogP contribution in [0.1, 0.15) is 10.4 Å². The van der Waals surface area contributed by atoms with Gasteiger partial charge in [0.2, 0.25) is 0 Å². The maximum Gasteiger partial charge on any atom is 0.280 e. The SMILES string of the molecule is O=Cc1cc(Oc2cccc(F)c2)ccc1[N+](=O)[O-]. The second-order valence-corrected chi connectivity index (χ2v) is 3.66. The third-order valence-electron chi connectivity index (χ3n) is 2.35. The first-order valence-electron chi connectivity index (χ1n) is 5.27. The Kier molecular flexibility index (Phi) is 3.51. The van der Waals surface area contributed by atoms with Gasteiger partial charge in [-0.3, -0.25) is 14.9 Å². The summed E-state index contributed by atoms with van der Waals surface area (Å²) >= 11 is 0. The summed E-state index contributed by atoms with van der Waals surface area (Å²) in [5.74, 6) is -0.000903. The maximum atomic E-state index is 13.0. The highest BCUT2D eigenvalue weighted by Gasteiger charge is 2.14. The monoisotopic (exact) mass is 261 g/mol. The van der Waals surface area contributed by atoms with E-state index in [9.17, 15) is 19.3 Å². The van der Waals surface area contributed by atoms with Gasteiger partial charge in [0.05, 0.1) is 10.5 Å². The van der Waals surface area contributed by atoms with Crippen LogP contribution in [-0.2, 0) is 0 Å². The van der Waals surface area contributed by atoms with Gasteiger partial charge >= 0.3 is 0 Å². The molecule has 2 aromatic carbocycles. The molecule has 0 unspecified atom stereocenters. The number of carbonyl (C=O) groups excluding carboxylic acids is 1. The van der Waals surface area contributed by atoms with Gasteiger partial charge in [-0.05, 0) is 24.3 Å². The van der Waals surface area contributed by atoms with E-state index in [-0.39, 0.29) is 22.7 Å². The third kappa shape index (κ3) is 2.92. The number of benzene rings is 2. The summed E-state index contributed by atoms with van der Waals surface area (Å²) < 4.78 is 18.3. The molecular formula is C13H8FNO4. The molecule has 0 atom stereocenters. The van der Waals surface area contributed by atoms with Crippen molar-refractivity contribution in [2.75, 3.05) is 0 Å². The average molecular weight is 261 g/mol. The fraction of sp³-hybridized carbons (Fsp3) is 0. The van der Waals surface area contributed by atoms with Crippen molar-refractivity contribution in [3.8, 4) is 11.5 Å². The number of hydrogen-bond acceptors (Lipinski definition) is 4. The van der Waals surface area contributed by atoms with Crippen molar-refractivity contribution in [1.29, 1.82) is 0 Å². The predicted molar refractivity (Wildman–Crippen MR) is 65.0 cm³/mol. The number of hydrogen-bond donors (Lipinski definition) is 0. The molecule has 19 heavy (non-hydrogen) atoms. The summed E-state index contributed by atoms with van der Waals surface area (Å²) in [6, 6.07) is 9.17. The lowest BCUT2D eigenvalue weighted by Gasteiger charge is -2.06. The van der Waals surface area contributed by atoms with Crippen LogP contribution >= 0.6 is 0 Å². The topological polar surface area (TPSA) is 69.4 Å². The number of nitro groups is 1. The first kappa shape index (κ1) is 12.7. The molecular weight excluding hydrogens is 253 g/mol. The molecule has 0 amide bonds. The van der Waals surface area contributed by atoms with Crippen LogP contribution in [0.4, 0.5) is 10.1 Å². The van der Waals surface area contributed by atoms with Crippen LogP contribution in [0, 0.1) is 15.9 Å². The molecule has 0 aliphatic heterocycles. The van der Waals surface area contributed by atoms with Gasteiger partial charge in [0, 0.05) is 12.1 Å². The van der Waals surface area contributed by atoms with E-state index in [1.807, 2.05) is 0 Å². The second-order valence-electron chi connectivity index (χ2n) is 3.66. The second kappa shape index (κ2) is 5.26. The standard InChI is InChI=1S/C13H8FNO4/c14-10-2-1-3-11(7-10)19-12-4-5-13(15(17)18)9(6-12)8-16/h1-8H.